The van der Waals surface area contributed by atoms with Crippen molar-refractivity contribution in [2.75, 3.05) is 5.73 Å². The third kappa shape index (κ3) is 2.28. The molecular formula is C11H9ClFN3. The van der Waals surface area contributed by atoms with Crippen LogP contribution in [0.1, 0.15) is 11.1 Å². The molecular weight excluding hydrogens is 229 g/mol. The van der Waals surface area contributed by atoms with Crippen LogP contribution in [0.25, 0.3) is 0 Å². The Kier molecular flexibility index (Phi) is 3.01. The van der Waals surface area contributed by atoms with Gasteiger partial charge in [0.2, 0.25) is 0 Å². The Morgan fingerprint density at radius 1 is 1.25 bits per heavy atom. The molecule has 0 amide bonds. The van der Waals surface area contributed by atoms with Gasteiger partial charge in [0.25, 0.3) is 0 Å². The molecule has 1 heterocycles. The van der Waals surface area contributed by atoms with Crippen LogP contribution < -0.4 is 5.73 Å². The van der Waals surface area contributed by atoms with Crippen LogP contribution in [0.2, 0.25) is 5.02 Å². The summed E-state index contributed by atoms with van der Waals surface area (Å²) in [6, 6.07) is 6.28. The molecule has 16 heavy (non-hydrogen) atoms. The Balaban J connectivity index is 2.31. The largest absolute Gasteiger partial charge is 0.382 e. The van der Waals surface area contributed by atoms with Crippen molar-refractivity contribution in [2.45, 2.75) is 6.42 Å². The Morgan fingerprint density at radius 3 is 2.75 bits per heavy atom. The Hall–Kier alpha value is -1.68. The maximum Gasteiger partial charge on any atom is 0.149 e. The number of nitrogens with two attached hydrogens (primary N) is 1. The normalized spacial score (nSPS) is 10.4. The van der Waals surface area contributed by atoms with E-state index in [0.29, 0.717) is 22.8 Å². The molecule has 1 aromatic heterocycles. The summed E-state index contributed by atoms with van der Waals surface area (Å²) >= 11 is 5.66. The van der Waals surface area contributed by atoms with Crippen molar-refractivity contribution in [1.82, 2.24) is 10.2 Å². The molecule has 0 aliphatic heterocycles. The van der Waals surface area contributed by atoms with Crippen molar-refractivity contribution in [2.24, 2.45) is 0 Å². The highest BCUT2D eigenvalue weighted by atomic mass is 35.5. The minimum absolute atomic E-state index is 0.317. The number of aromatic nitrogens is 2. The Labute approximate surface area is 97.1 Å². The number of halogens is 2. The highest BCUT2D eigenvalue weighted by Gasteiger charge is 2.06. The second-order valence-corrected chi connectivity index (χ2v) is 3.79. The van der Waals surface area contributed by atoms with Gasteiger partial charge in [0.1, 0.15) is 11.6 Å². The second kappa shape index (κ2) is 4.45. The molecule has 0 saturated heterocycles. The summed E-state index contributed by atoms with van der Waals surface area (Å²) in [7, 11) is 0. The van der Waals surface area contributed by atoms with E-state index >= 15 is 0 Å². The molecule has 0 atom stereocenters. The lowest BCUT2D eigenvalue weighted by Gasteiger charge is -2.05. The zero-order valence-electron chi connectivity index (χ0n) is 8.32. The predicted octanol–water partition coefficient (Wildman–Crippen LogP) is 2.44. The van der Waals surface area contributed by atoms with Crippen LogP contribution in [0.5, 0.6) is 0 Å². The quantitative estimate of drug-likeness (QED) is 0.873. The van der Waals surface area contributed by atoms with Gasteiger partial charge in [0.15, 0.2) is 0 Å². The smallest absolute Gasteiger partial charge is 0.149 e. The molecule has 0 radical (unpaired) electrons. The number of hydrogen-bond donors (Lipinski definition) is 1. The van der Waals surface area contributed by atoms with Crippen molar-refractivity contribution in [3.05, 3.63) is 52.4 Å². The average Bonchev–Trinajstić information content (AvgIpc) is 2.25. The van der Waals surface area contributed by atoms with Gasteiger partial charge in [0.05, 0.1) is 6.20 Å². The average molecular weight is 238 g/mol. The molecule has 0 unspecified atom stereocenters. The molecule has 0 aliphatic carbocycles. The zero-order chi connectivity index (χ0) is 11.5. The minimum atomic E-state index is -0.344. The fraction of sp³-hybridized carbons (Fsp3) is 0.0909. The fourth-order valence-corrected chi connectivity index (χ4v) is 1.55. The van der Waals surface area contributed by atoms with E-state index in [0.717, 1.165) is 5.56 Å². The third-order valence-corrected chi connectivity index (χ3v) is 2.47. The van der Waals surface area contributed by atoms with E-state index in [9.17, 15) is 4.39 Å². The summed E-state index contributed by atoms with van der Waals surface area (Å²) in [5, 5.41) is 7.71. The minimum Gasteiger partial charge on any atom is -0.382 e. The number of hydrogen-bond acceptors (Lipinski definition) is 3. The van der Waals surface area contributed by atoms with Gasteiger partial charge >= 0.3 is 0 Å². The van der Waals surface area contributed by atoms with Gasteiger partial charge in [-0.2, -0.15) is 5.10 Å². The molecule has 3 nitrogen and oxygen atoms in total. The van der Waals surface area contributed by atoms with E-state index in [1.165, 1.54) is 12.3 Å². The number of anilines is 1. The van der Waals surface area contributed by atoms with E-state index in [2.05, 4.69) is 10.2 Å². The molecule has 0 bridgehead atoms. The second-order valence-electron chi connectivity index (χ2n) is 3.35. The molecule has 2 N–H and O–H groups in total. The van der Waals surface area contributed by atoms with Gasteiger partial charge in [-0.05, 0) is 23.8 Å². The third-order valence-electron chi connectivity index (χ3n) is 2.23. The first-order valence-electron chi connectivity index (χ1n) is 4.67. The SMILES string of the molecule is Nc1nnccc1Cc1ccc(Cl)cc1F. The van der Waals surface area contributed by atoms with Gasteiger partial charge in [0, 0.05) is 17.0 Å². The Morgan fingerprint density at radius 2 is 2.06 bits per heavy atom. The van der Waals surface area contributed by atoms with E-state index in [4.69, 9.17) is 17.3 Å². The van der Waals surface area contributed by atoms with Crippen molar-refractivity contribution >= 4 is 17.4 Å². The lowest BCUT2D eigenvalue weighted by molar-refractivity contribution is 0.614. The number of rotatable bonds is 2. The first-order valence-corrected chi connectivity index (χ1v) is 5.04. The monoisotopic (exact) mass is 237 g/mol. The van der Waals surface area contributed by atoms with Crippen molar-refractivity contribution < 1.29 is 4.39 Å². The van der Waals surface area contributed by atoms with Gasteiger partial charge in [-0.3, -0.25) is 0 Å². The maximum atomic E-state index is 13.5. The molecule has 1 aromatic carbocycles. The van der Waals surface area contributed by atoms with Crippen LogP contribution in [-0.4, -0.2) is 10.2 Å². The van der Waals surface area contributed by atoms with E-state index < -0.39 is 0 Å². The highest BCUT2D eigenvalue weighted by Crippen LogP contribution is 2.19. The van der Waals surface area contributed by atoms with Crippen LogP contribution in [0.3, 0.4) is 0 Å². The van der Waals surface area contributed by atoms with E-state index in [1.807, 2.05) is 0 Å². The molecule has 82 valence electrons. The van der Waals surface area contributed by atoms with Crippen LogP contribution in [0, 0.1) is 5.82 Å². The van der Waals surface area contributed by atoms with Gasteiger partial charge in [-0.1, -0.05) is 17.7 Å². The summed E-state index contributed by atoms with van der Waals surface area (Å²) in [6.07, 6.45) is 1.91. The zero-order valence-corrected chi connectivity index (χ0v) is 9.08. The van der Waals surface area contributed by atoms with Crippen LogP contribution in [0.4, 0.5) is 10.2 Å². The lowest BCUT2D eigenvalue weighted by Crippen LogP contribution is -2.01. The Bertz CT molecular complexity index is 516. The van der Waals surface area contributed by atoms with Crippen molar-refractivity contribution in [3.8, 4) is 0 Å². The van der Waals surface area contributed by atoms with E-state index in [1.54, 1.807) is 18.2 Å². The van der Waals surface area contributed by atoms with Gasteiger partial charge < -0.3 is 5.73 Å². The van der Waals surface area contributed by atoms with Crippen molar-refractivity contribution in [1.29, 1.82) is 0 Å². The molecule has 0 aliphatic rings. The number of nitrogens with zero attached hydrogens (tertiary/aromatic N) is 2. The number of benzene rings is 1. The van der Waals surface area contributed by atoms with Crippen LogP contribution in [-0.2, 0) is 6.42 Å². The molecule has 0 spiro atoms. The molecule has 0 saturated carbocycles. The van der Waals surface area contributed by atoms with Gasteiger partial charge in [-0.25, -0.2) is 4.39 Å². The fourth-order valence-electron chi connectivity index (χ4n) is 1.39. The summed E-state index contributed by atoms with van der Waals surface area (Å²) in [6.45, 7) is 0. The van der Waals surface area contributed by atoms with Crippen molar-refractivity contribution in [3.63, 3.8) is 0 Å². The highest BCUT2D eigenvalue weighted by molar-refractivity contribution is 6.30. The van der Waals surface area contributed by atoms with Crippen LogP contribution >= 0.6 is 11.6 Å². The molecule has 0 fully saturated rings. The molecule has 2 aromatic rings. The lowest BCUT2D eigenvalue weighted by atomic mass is 10.1. The standard InChI is InChI=1S/C11H9ClFN3/c12-9-2-1-7(10(13)6-9)5-8-3-4-15-16-11(8)14/h1-4,6H,5H2,(H2,14,16). The number of nitrogen functional groups attached to an aromatic ring is 1. The first-order chi connectivity index (χ1) is 7.66. The molecule has 2 rings (SSSR count). The first kappa shape index (κ1) is 10.8. The predicted molar refractivity (Wildman–Crippen MR) is 60.7 cm³/mol. The topological polar surface area (TPSA) is 51.8 Å². The van der Waals surface area contributed by atoms with Gasteiger partial charge in [-0.15, -0.1) is 5.10 Å². The summed E-state index contributed by atoms with van der Waals surface area (Å²) in [5.74, 6) is -0.0273. The maximum absolute atomic E-state index is 13.5. The summed E-state index contributed by atoms with van der Waals surface area (Å²) in [4.78, 5) is 0. The summed E-state index contributed by atoms with van der Waals surface area (Å²) < 4.78 is 13.5. The molecule has 5 heteroatoms. The van der Waals surface area contributed by atoms with E-state index in [-0.39, 0.29) is 5.82 Å². The summed E-state index contributed by atoms with van der Waals surface area (Å²) in [5.41, 5.74) is 6.90. The van der Waals surface area contributed by atoms with Crippen LogP contribution in [0.15, 0.2) is 30.5 Å².